The average molecular weight is 744 g/mol. The van der Waals surface area contributed by atoms with Gasteiger partial charge in [-0.05, 0) is 95.9 Å². The van der Waals surface area contributed by atoms with E-state index in [2.05, 4.69) is 72.8 Å². The maximum Gasteiger partial charge on any atom is 2.00 e. The number of aromatic nitrogens is 6. The molecule has 10 heteroatoms. The van der Waals surface area contributed by atoms with E-state index in [1.54, 1.807) is 0 Å². The molecule has 0 spiro atoms. The summed E-state index contributed by atoms with van der Waals surface area (Å²) >= 11 is 0. The van der Waals surface area contributed by atoms with Crippen LogP contribution in [0, 0.1) is 60.0 Å². The Morgan fingerprint density at radius 2 is 1.05 bits per heavy atom. The van der Waals surface area contributed by atoms with Gasteiger partial charge in [0.25, 0.3) is 7.12 Å². The molecule has 3 aromatic heterocycles. The molecule has 2 aromatic carbocycles. The summed E-state index contributed by atoms with van der Waals surface area (Å²) in [5.41, 5.74) is 15.7. The molecule has 8 nitrogen and oxygen atoms in total. The van der Waals surface area contributed by atoms with E-state index in [9.17, 15) is 0 Å². The van der Waals surface area contributed by atoms with Crippen LogP contribution in [0.3, 0.4) is 0 Å². The summed E-state index contributed by atoms with van der Waals surface area (Å²) in [6.45, 7) is 20.4. The number of nitrogens with one attached hydrogen (secondary N) is 1. The van der Waals surface area contributed by atoms with Gasteiger partial charge in [0, 0.05) is 5.56 Å². The molecule has 0 bridgehead atoms. The number of benzene rings is 2. The fraction of sp³-hybridized carbons (Fsp3) is 0.273. The van der Waals surface area contributed by atoms with Crippen LogP contribution in [-0.4, -0.2) is 36.2 Å². The van der Waals surface area contributed by atoms with Gasteiger partial charge in [-0.25, -0.2) is 15.3 Å². The number of hydrogen-bond acceptors (Lipinski definition) is 3. The molecular weight excluding hydrogens is 705 g/mol. The third-order valence-corrected chi connectivity index (χ3v) is 6.13. The topological polar surface area (TPSA) is 97.2 Å². The van der Waals surface area contributed by atoms with Crippen molar-refractivity contribution in [1.29, 1.82) is 0 Å². The van der Waals surface area contributed by atoms with E-state index < -0.39 is 0 Å². The van der Waals surface area contributed by atoms with Crippen molar-refractivity contribution in [2.24, 2.45) is 0 Å². The first-order valence-corrected chi connectivity index (χ1v) is 13.6. The molecule has 0 saturated heterocycles. The summed E-state index contributed by atoms with van der Waals surface area (Å²) in [7, 11) is -0.226. The minimum atomic E-state index is -0.226. The zero-order valence-electron chi connectivity index (χ0n) is 26.2. The second-order valence-electron chi connectivity index (χ2n) is 9.83. The molecule has 1 radical (unpaired) electrons. The standard InChI is InChI=1S/C15H21BN6.C9H8.C8H10N.CO.W/c1-10-7-13(4)20(17-10)16(21-14(5)8-11(2)18-21)22-15(6)9-12(3)19-22;1-2-6-9-7-4-3-5-8-9;1-7(9)8-5-3-2-4-6-8;1-2;/h7-9H,1-6H3;3-5,7-8H,1H3;2-7,9H,1H3;;/q-1;;-1;;+2/t;;7-;;/m..0../s1. The predicted molar refractivity (Wildman–Crippen MR) is 169 cm³/mol. The van der Waals surface area contributed by atoms with Gasteiger partial charge < -0.3 is 19.5 Å². The van der Waals surface area contributed by atoms with E-state index in [4.69, 9.17) is 10.4 Å². The predicted octanol–water partition coefficient (Wildman–Crippen LogP) is 6.87. The van der Waals surface area contributed by atoms with Crippen LogP contribution in [0.2, 0.25) is 0 Å². The fourth-order valence-corrected chi connectivity index (χ4v) is 4.36. The van der Waals surface area contributed by atoms with E-state index in [0.717, 1.165) is 45.3 Å². The molecule has 3 heterocycles. The number of aryl methyl sites for hydroxylation is 6. The van der Waals surface area contributed by atoms with Crippen LogP contribution in [0.25, 0.3) is 5.73 Å². The van der Waals surface area contributed by atoms with Gasteiger partial charge in [-0.1, -0.05) is 66.9 Å². The molecular formula is C33H39BN7OW. The first kappa shape index (κ1) is 37.1. The van der Waals surface area contributed by atoms with Crippen molar-refractivity contribution in [2.75, 3.05) is 0 Å². The van der Waals surface area contributed by atoms with Crippen molar-refractivity contribution < 1.29 is 25.7 Å². The van der Waals surface area contributed by atoms with Crippen LogP contribution < -0.4 is 0 Å². The summed E-state index contributed by atoms with van der Waals surface area (Å²) in [4.78, 5) is 0. The van der Waals surface area contributed by atoms with Gasteiger partial charge >= 0.3 is 32.4 Å². The minimum Gasteiger partial charge on any atom is 2.00 e. The Labute approximate surface area is 270 Å². The van der Waals surface area contributed by atoms with Gasteiger partial charge in [-0.3, -0.25) is 0 Å². The van der Waals surface area contributed by atoms with E-state index in [0.29, 0.717) is 0 Å². The van der Waals surface area contributed by atoms with Crippen molar-refractivity contribution in [3.63, 3.8) is 0 Å². The van der Waals surface area contributed by atoms with Gasteiger partial charge in [0.05, 0.1) is 17.1 Å². The SMILES string of the molecule is CC#Cc1ccccc1.C[C@H]([NH-])c1ccccc1.Cc1cc(C)n([B-](n2nc(C)cc2C)n2nc(C)cc2C)n1.[C-]#[O+].[W+2]. The smallest absolute Gasteiger partial charge is 2.00 e. The molecule has 0 unspecified atom stereocenters. The van der Waals surface area contributed by atoms with Crippen molar-refractivity contribution in [3.05, 3.63) is 137 Å². The third kappa shape index (κ3) is 11.0. The van der Waals surface area contributed by atoms with Crippen molar-refractivity contribution >= 4 is 7.12 Å². The summed E-state index contributed by atoms with van der Waals surface area (Å²) in [6, 6.07) is 25.9. The van der Waals surface area contributed by atoms with Crippen LogP contribution >= 0.6 is 0 Å². The Morgan fingerprint density at radius 1 is 0.698 bits per heavy atom. The molecule has 5 rings (SSSR count). The molecule has 0 aliphatic heterocycles. The third-order valence-electron chi connectivity index (χ3n) is 6.13. The molecule has 5 aromatic rings. The van der Waals surface area contributed by atoms with Crippen LogP contribution in [-0.2, 0) is 25.7 Å². The van der Waals surface area contributed by atoms with E-state index in [1.807, 2.05) is 109 Å². The summed E-state index contributed by atoms with van der Waals surface area (Å²) < 4.78 is 13.4. The van der Waals surface area contributed by atoms with Gasteiger partial charge in [0.15, 0.2) is 0 Å². The maximum absolute atomic E-state index is 7.50. The van der Waals surface area contributed by atoms with Crippen molar-refractivity contribution in [1.82, 2.24) is 29.1 Å². The normalized spacial score (nSPS) is 10.3. The van der Waals surface area contributed by atoms with E-state index in [-0.39, 0.29) is 34.2 Å². The van der Waals surface area contributed by atoms with Gasteiger partial charge in [-0.2, -0.15) is 0 Å². The molecule has 0 saturated carbocycles. The zero-order chi connectivity index (χ0) is 31.2. The number of nitrogens with zero attached hydrogens (tertiary/aromatic N) is 6. The average Bonchev–Trinajstić information content (AvgIpc) is 3.61. The Morgan fingerprint density at radius 3 is 1.30 bits per heavy atom. The maximum atomic E-state index is 7.50. The Hall–Kier alpha value is -3.92. The second-order valence-corrected chi connectivity index (χ2v) is 9.83. The van der Waals surface area contributed by atoms with E-state index in [1.165, 1.54) is 0 Å². The van der Waals surface area contributed by atoms with E-state index >= 15 is 0 Å². The van der Waals surface area contributed by atoms with Crippen molar-refractivity contribution in [3.8, 4) is 11.8 Å². The minimum absolute atomic E-state index is 0. The number of hydrogen-bond donors (Lipinski definition) is 0. The van der Waals surface area contributed by atoms with Crippen molar-refractivity contribution in [2.45, 2.75) is 61.4 Å². The van der Waals surface area contributed by atoms with Crippen LogP contribution in [0.4, 0.5) is 0 Å². The molecule has 1 N–H and O–H groups in total. The summed E-state index contributed by atoms with van der Waals surface area (Å²) in [5.74, 6) is 5.79. The molecule has 221 valence electrons. The molecule has 1 atom stereocenters. The Bertz CT molecular complexity index is 1500. The first-order chi connectivity index (χ1) is 20.1. The Balaban J connectivity index is 0.000000365. The van der Waals surface area contributed by atoms with Crippen LogP contribution in [0.1, 0.15) is 65.2 Å². The molecule has 0 fully saturated rings. The second kappa shape index (κ2) is 18.6. The van der Waals surface area contributed by atoms with Gasteiger partial charge in [0.2, 0.25) is 0 Å². The molecule has 43 heavy (non-hydrogen) atoms. The molecule has 0 amide bonds. The number of rotatable bonds is 4. The van der Waals surface area contributed by atoms with Crippen LogP contribution in [0.15, 0.2) is 78.9 Å². The summed E-state index contributed by atoms with van der Waals surface area (Å²) in [6.07, 6.45) is 0. The summed E-state index contributed by atoms with van der Waals surface area (Å²) in [5, 5.41) is 14.0. The quantitative estimate of drug-likeness (QED) is 0.0870. The zero-order valence-corrected chi connectivity index (χ0v) is 29.1. The monoisotopic (exact) mass is 744 g/mol. The largest absolute Gasteiger partial charge is 2.00 e. The molecule has 0 aliphatic rings. The molecule has 0 aliphatic carbocycles. The van der Waals surface area contributed by atoms with Gasteiger partial charge in [-0.15, -0.1) is 12.0 Å². The Kier molecular flexibility index (Phi) is 16.0. The fourth-order valence-electron chi connectivity index (χ4n) is 4.36. The first-order valence-electron chi connectivity index (χ1n) is 13.6. The van der Waals surface area contributed by atoms with Gasteiger partial charge in [0.1, 0.15) is 0 Å². The van der Waals surface area contributed by atoms with Crippen LogP contribution in [0.5, 0.6) is 0 Å².